The minimum Gasteiger partial charge on any atom is -0.490 e. The average molecular weight is 519 g/mol. The van der Waals surface area contributed by atoms with Crippen LogP contribution in [0.4, 0.5) is 5.13 Å². The van der Waals surface area contributed by atoms with Gasteiger partial charge in [0.2, 0.25) is 19.3 Å². The second-order valence-corrected chi connectivity index (χ2v) is 10.5. The van der Waals surface area contributed by atoms with Crippen molar-refractivity contribution in [2.45, 2.75) is 11.3 Å². The second kappa shape index (κ2) is 11.1. The number of benzene rings is 2. The van der Waals surface area contributed by atoms with Crippen LogP contribution in [-0.4, -0.2) is 44.0 Å². The molecule has 176 valence electrons. The largest absolute Gasteiger partial charge is 0.490 e. The third-order valence-corrected chi connectivity index (χ3v) is 6.98. The lowest BCUT2D eigenvalue weighted by Gasteiger charge is -2.10. The normalized spacial score (nSPS) is 11.5. The van der Waals surface area contributed by atoms with Crippen molar-refractivity contribution >= 4 is 49.9 Å². The number of rotatable bonds is 9. The number of nitrogens with one attached hydrogen (secondary N) is 1. The fraction of sp³-hybridized carbons (Fsp3) is 0.182. The predicted octanol–water partition coefficient (Wildman–Crippen LogP) is 3.91. The number of sulfone groups is 1. The van der Waals surface area contributed by atoms with Gasteiger partial charge in [0, 0.05) is 6.26 Å². The highest BCUT2D eigenvalue weighted by molar-refractivity contribution is 7.92. The maximum atomic E-state index is 12.4. The molecular formula is C22H19ClN4O5S2. The zero-order valence-electron chi connectivity index (χ0n) is 18.1. The summed E-state index contributed by atoms with van der Waals surface area (Å²) >= 11 is 6.96. The van der Waals surface area contributed by atoms with Crippen molar-refractivity contribution in [2.75, 3.05) is 24.8 Å². The van der Waals surface area contributed by atoms with Crippen LogP contribution in [0.2, 0.25) is 5.02 Å². The number of hydrogen-bond acceptors (Lipinski definition) is 9. The SMILES string of the molecule is Cc1cccc(OCCOc2ccc(/C=C(/C#N)C(=O)Nc3nnc(S(C)(=O)=O)s3)cc2Cl)c1. The minimum atomic E-state index is -3.55. The third kappa shape index (κ3) is 7.02. The summed E-state index contributed by atoms with van der Waals surface area (Å²) in [5.74, 6) is 0.416. The summed E-state index contributed by atoms with van der Waals surface area (Å²) < 4.78 is 34.0. The number of halogens is 1. The molecule has 0 spiro atoms. The van der Waals surface area contributed by atoms with Crippen molar-refractivity contribution < 1.29 is 22.7 Å². The summed E-state index contributed by atoms with van der Waals surface area (Å²) in [6.07, 6.45) is 2.32. The fourth-order valence-corrected chi connectivity index (χ4v) is 4.38. The zero-order valence-corrected chi connectivity index (χ0v) is 20.5. The standard InChI is InChI=1S/C22H19ClN4O5S2/c1-14-4-3-5-17(10-14)31-8-9-32-19-7-6-15(12-18(19)23)11-16(13-24)20(28)25-21-26-27-22(33-21)34(2,29)30/h3-7,10-12H,8-9H2,1-2H3,(H,25,26,28)/b16-11-. The van der Waals surface area contributed by atoms with Gasteiger partial charge in [-0.15, -0.1) is 10.2 Å². The van der Waals surface area contributed by atoms with Crippen LogP contribution in [0.25, 0.3) is 6.08 Å². The lowest BCUT2D eigenvalue weighted by Crippen LogP contribution is -2.13. The van der Waals surface area contributed by atoms with Crippen LogP contribution in [-0.2, 0) is 14.6 Å². The predicted molar refractivity (Wildman–Crippen MR) is 129 cm³/mol. The number of nitrogens with zero attached hydrogens (tertiary/aromatic N) is 3. The molecule has 3 aromatic rings. The van der Waals surface area contributed by atoms with Gasteiger partial charge in [-0.1, -0.05) is 41.1 Å². The molecule has 34 heavy (non-hydrogen) atoms. The van der Waals surface area contributed by atoms with E-state index in [1.165, 1.54) is 6.08 Å². The molecule has 0 bridgehead atoms. The van der Waals surface area contributed by atoms with Crippen LogP contribution in [0.3, 0.4) is 0 Å². The first-order valence-electron chi connectivity index (χ1n) is 9.74. The van der Waals surface area contributed by atoms with E-state index in [-0.39, 0.29) is 21.7 Å². The highest BCUT2D eigenvalue weighted by Crippen LogP contribution is 2.27. The van der Waals surface area contributed by atoms with Gasteiger partial charge < -0.3 is 9.47 Å². The number of anilines is 1. The number of aromatic nitrogens is 2. The van der Waals surface area contributed by atoms with Crippen molar-refractivity contribution in [3.63, 3.8) is 0 Å². The molecule has 0 aliphatic rings. The van der Waals surface area contributed by atoms with E-state index in [0.717, 1.165) is 17.6 Å². The molecule has 0 fully saturated rings. The number of carbonyl (C=O) groups is 1. The fourth-order valence-electron chi connectivity index (χ4n) is 2.63. The topological polar surface area (TPSA) is 131 Å². The van der Waals surface area contributed by atoms with E-state index < -0.39 is 15.7 Å². The van der Waals surface area contributed by atoms with E-state index in [0.29, 0.717) is 34.3 Å². The van der Waals surface area contributed by atoms with Gasteiger partial charge in [0.1, 0.15) is 36.4 Å². The van der Waals surface area contributed by atoms with Crippen molar-refractivity contribution in [1.82, 2.24) is 10.2 Å². The Morgan fingerprint density at radius 1 is 1.21 bits per heavy atom. The van der Waals surface area contributed by atoms with Crippen LogP contribution in [0.1, 0.15) is 11.1 Å². The van der Waals surface area contributed by atoms with Gasteiger partial charge in [0.05, 0.1) is 5.02 Å². The highest BCUT2D eigenvalue weighted by atomic mass is 35.5. The Balaban J connectivity index is 1.60. The van der Waals surface area contributed by atoms with E-state index in [1.54, 1.807) is 24.3 Å². The Morgan fingerprint density at radius 2 is 1.97 bits per heavy atom. The molecule has 12 heteroatoms. The number of aryl methyl sites for hydroxylation is 1. The number of carbonyl (C=O) groups excluding carboxylic acids is 1. The summed E-state index contributed by atoms with van der Waals surface area (Å²) in [5.41, 5.74) is 1.36. The summed E-state index contributed by atoms with van der Waals surface area (Å²) in [6, 6.07) is 14.3. The van der Waals surface area contributed by atoms with Crippen molar-refractivity contribution in [3.8, 4) is 17.6 Å². The molecule has 3 rings (SSSR count). The van der Waals surface area contributed by atoms with Crippen LogP contribution in [0, 0.1) is 18.3 Å². The van der Waals surface area contributed by atoms with E-state index in [4.69, 9.17) is 21.1 Å². The van der Waals surface area contributed by atoms with Crippen LogP contribution < -0.4 is 14.8 Å². The Bertz CT molecular complexity index is 1380. The maximum absolute atomic E-state index is 12.4. The first kappa shape index (κ1) is 25.2. The molecule has 0 saturated heterocycles. The molecule has 1 amide bonds. The smallest absolute Gasteiger partial charge is 0.268 e. The second-order valence-electron chi connectivity index (χ2n) is 6.97. The highest BCUT2D eigenvalue weighted by Gasteiger charge is 2.17. The Kier molecular flexibility index (Phi) is 8.22. The van der Waals surface area contributed by atoms with E-state index >= 15 is 0 Å². The molecule has 0 atom stereocenters. The Hall–Kier alpha value is -3.46. The van der Waals surface area contributed by atoms with Crippen LogP contribution in [0.5, 0.6) is 11.5 Å². The summed E-state index contributed by atoms with van der Waals surface area (Å²) in [6.45, 7) is 2.57. The first-order chi connectivity index (χ1) is 16.2. The molecule has 2 aromatic carbocycles. The van der Waals surface area contributed by atoms with E-state index in [2.05, 4.69) is 15.5 Å². The molecule has 0 unspecified atom stereocenters. The van der Waals surface area contributed by atoms with Gasteiger partial charge in [0.15, 0.2) is 0 Å². The molecule has 0 aliphatic carbocycles. The quantitative estimate of drug-likeness (QED) is 0.195. The summed E-state index contributed by atoms with van der Waals surface area (Å²) in [5, 5.41) is 19.1. The Morgan fingerprint density at radius 3 is 2.62 bits per heavy atom. The van der Waals surface area contributed by atoms with Crippen molar-refractivity contribution in [3.05, 3.63) is 64.2 Å². The van der Waals surface area contributed by atoms with Crippen LogP contribution in [0.15, 0.2) is 52.4 Å². The van der Waals surface area contributed by atoms with Gasteiger partial charge in [-0.2, -0.15) is 5.26 Å². The number of amides is 1. The van der Waals surface area contributed by atoms with Crippen molar-refractivity contribution in [2.24, 2.45) is 0 Å². The molecule has 1 N–H and O–H groups in total. The van der Waals surface area contributed by atoms with Gasteiger partial charge in [-0.05, 0) is 48.4 Å². The van der Waals surface area contributed by atoms with Gasteiger partial charge >= 0.3 is 0 Å². The van der Waals surface area contributed by atoms with Gasteiger partial charge in [-0.3, -0.25) is 10.1 Å². The lowest BCUT2D eigenvalue weighted by atomic mass is 10.1. The average Bonchev–Trinajstić information content (AvgIpc) is 3.25. The third-order valence-electron chi connectivity index (χ3n) is 4.18. The van der Waals surface area contributed by atoms with E-state index in [9.17, 15) is 18.5 Å². The van der Waals surface area contributed by atoms with Gasteiger partial charge in [0.25, 0.3) is 5.91 Å². The molecular weight excluding hydrogens is 500 g/mol. The molecule has 9 nitrogen and oxygen atoms in total. The lowest BCUT2D eigenvalue weighted by molar-refractivity contribution is -0.112. The monoisotopic (exact) mass is 518 g/mol. The van der Waals surface area contributed by atoms with Gasteiger partial charge in [-0.25, -0.2) is 8.42 Å². The molecule has 1 heterocycles. The van der Waals surface area contributed by atoms with Crippen LogP contribution >= 0.6 is 22.9 Å². The van der Waals surface area contributed by atoms with Crippen molar-refractivity contribution in [1.29, 1.82) is 5.26 Å². The molecule has 0 aliphatic heterocycles. The Labute approximate surface area is 205 Å². The first-order valence-corrected chi connectivity index (χ1v) is 12.8. The number of hydrogen-bond donors (Lipinski definition) is 1. The number of ether oxygens (including phenoxy) is 2. The molecule has 1 aromatic heterocycles. The zero-order chi connectivity index (χ0) is 24.7. The summed E-state index contributed by atoms with van der Waals surface area (Å²) in [4.78, 5) is 12.4. The number of nitriles is 1. The molecule has 0 radical (unpaired) electrons. The summed E-state index contributed by atoms with van der Waals surface area (Å²) in [7, 11) is -3.55. The maximum Gasteiger partial charge on any atom is 0.268 e. The minimum absolute atomic E-state index is 0.0405. The molecule has 0 saturated carbocycles. The van der Waals surface area contributed by atoms with E-state index in [1.807, 2.05) is 31.2 Å².